The number of anilines is 1. The van der Waals surface area contributed by atoms with Crippen molar-refractivity contribution < 1.29 is 0 Å². The van der Waals surface area contributed by atoms with E-state index in [4.69, 9.17) is 5.73 Å². The minimum Gasteiger partial charge on any atom is -0.367 e. The fraction of sp³-hybridized carbons (Fsp3) is 0.333. The zero-order valence-corrected chi connectivity index (χ0v) is 7.60. The highest BCUT2D eigenvalue weighted by atomic mass is 35.5. The molecule has 0 aliphatic heterocycles. The van der Waals surface area contributed by atoms with Gasteiger partial charge in [-0.2, -0.15) is 0 Å². The maximum absolute atomic E-state index is 5.87. The first-order valence-corrected chi connectivity index (χ1v) is 3.91. The van der Waals surface area contributed by atoms with E-state index in [1.807, 2.05) is 30.3 Å². The molecule has 0 radical (unpaired) electrons. The van der Waals surface area contributed by atoms with E-state index in [1.165, 1.54) is 0 Å². The summed E-state index contributed by atoms with van der Waals surface area (Å²) in [5.41, 5.74) is 6.89. The molecule has 3 heteroatoms. The van der Waals surface area contributed by atoms with Crippen LogP contribution in [-0.4, -0.2) is 5.66 Å². The molecule has 0 bridgehead atoms. The summed E-state index contributed by atoms with van der Waals surface area (Å²) in [5.74, 6) is 0. The van der Waals surface area contributed by atoms with Crippen LogP contribution in [0, 0.1) is 0 Å². The molecule has 0 spiro atoms. The molecule has 0 heterocycles. The van der Waals surface area contributed by atoms with Gasteiger partial charge in [-0.05, 0) is 25.0 Å². The van der Waals surface area contributed by atoms with Crippen LogP contribution < -0.4 is 11.1 Å². The number of hydrogen-bond donors (Lipinski definition) is 2. The van der Waals surface area contributed by atoms with Gasteiger partial charge < -0.3 is 11.1 Å². The first kappa shape index (κ1) is 9.36. The molecule has 0 unspecified atom stereocenters. The van der Waals surface area contributed by atoms with Crippen LogP contribution >= 0.6 is 12.4 Å². The summed E-state index contributed by atoms with van der Waals surface area (Å²) in [6, 6.07) is 10.1. The molecule has 2 nitrogen and oxygen atoms in total. The number of nitrogens with two attached hydrogens (primary N) is 1. The van der Waals surface area contributed by atoms with Crippen LogP contribution in [0.1, 0.15) is 12.8 Å². The van der Waals surface area contributed by atoms with E-state index in [-0.39, 0.29) is 18.1 Å². The van der Waals surface area contributed by atoms with E-state index in [1.54, 1.807) is 0 Å². The predicted molar refractivity (Wildman–Crippen MR) is 53.5 cm³/mol. The minimum atomic E-state index is -0.0959. The van der Waals surface area contributed by atoms with E-state index in [0.717, 1.165) is 18.5 Å². The van der Waals surface area contributed by atoms with Crippen molar-refractivity contribution in [2.24, 2.45) is 5.73 Å². The molecular formula is C9H13ClN2. The smallest absolute Gasteiger partial charge is 0.0859 e. The van der Waals surface area contributed by atoms with Gasteiger partial charge in [-0.25, -0.2) is 0 Å². The van der Waals surface area contributed by atoms with Crippen molar-refractivity contribution in [3.8, 4) is 0 Å². The van der Waals surface area contributed by atoms with Gasteiger partial charge in [0.1, 0.15) is 0 Å². The Balaban J connectivity index is 0.000000720. The van der Waals surface area contributed by atoms with Gasteiger partial charge in [0, 0.05) is 5.69 Å². The van der Waals surface area contributed by atoms with Gasteiger partial charge in [-0.15, -0.1) is 12.4 Å². The Labute approximate surface area is 78.6 Å². The van der Waals surface area contributed by atoms with Crippen molar-refractivity contribution in [3.05, 3.63) is 30.3 Å². The lowest BCUT2D eigenvalue weighted by Crippen LogP contribution is -2.31. The van der Waals surface area contributed by atoms with Gasteiger partial charge in [-0.1, -0.05) is 18.2 Å². The number of nitrogens with one attached hydrogen (secondary N) is 1. The first-order chi connectivity index (χ1) is 5.29. The number of benzene rings is 1. The average molecular weight is 185 g/mol. The van der Waals surface area contributed by atoms with Crippen LogP contribution in [0.2, 0.25) is 0 Å². The zero-order valence-electron chi connectivity index (χ0n) is 6.79. The van der Waals surface area contributed by atoms with Crippen LogP contribution in [-0.2, 0) is 0 Å². The van der Waals surface area contributed by atoms with Gasteiger partial charge in [0.25, 0.3) is 0 Å². The molecule has 1 fully saturated rings. The van der Waals surface area contributed by atoms with E-state index < -0.39 is 0 Å². The van der Waals surface area contributed by atoms with Crippen LogP contribution in [0.4, 0.5) is 5.69 Å². The van der Waals surface area contributed by atoms with Crippen molar-refractivity contribution in [1.29, 1.82) is 0 Å². The lowest BCUT2D eigenvalue weighted by Gasteiger charge is -2.12. The molecule has 3 N–H and O–H groups in total. The monoisotopic (exact) mass is 184 g/mol. The normalized spacial score (nSPS) is 17.8. The summed E-state index contributed by atoms with van der Waals surface area (Å²) in [5, 5.41) is 3.27. The molecule has 1 aliphatic rings. The fourth-order valence-electron chi connectivity index (χ4n) is 1.07. The molecule has 0 amide bonds. The molecule has 0 atom stereocenters. The summed E-state index contributed by atoms with van der Waals surface area (Å²) in [4.78, 5) is 0. The van der Waals surface area contributed by atoms with Gasteiger partial charge in [-0.3, -0.25) is 0 Å². The summed E-state index contributed by atoms with van der Waals surface area (Å²) in [6.07, 6.45) is 2.17. The molecule has 0 aromatic heterocycles. The van der Waals surface area contributed by atoms with Gasteiger partial charge >= 0.3 is 0 Å². The van der Waals surface area contributed by atoms with Crippen molar-refractivity contribution in [1.82, 2.24) is 0 Å². The number of rotatable bonds is 2. The molecule has 1 aromatic rings. The standard InChI is InChI=1S/C9H12N2.ClH/c10-9(6-7-9)11-8-4-2-1-3-5-8;/h1-5,11H,6-7,10H2;1H. The Kier molecular flexibility index (Phi) is 2.60. The Morgan fingerprint density at radius 1 is 1.17 bits per heavy atom. The predicted octanol–water partition coefficient (Wildman–Crippen LogP) is 1.97. The molecular weight excluding hydrogens is 172 g/mol. The quantitative estimate of drug-likeness (QED) is 0.690. The second kappa shape index (κ2) is 3.33. The Hall–Kier alpha value is -0.730. The van der Waals surface area contributed by atoms with Gasteiger partial charge in [0.15, 0.2) is 0 Å². The van der Waals surface area contributed by atoms with Crippen LogP contribution in [0.25, 0.3) is 0 Å². The molecule has 1 saturated carbocycles. The zero-order chi connectivity index (χ0) is 7.73. The van der Waals surface area contributed by atoms with Crippen LogP contribution in [0.5, 0.6) is 0 Å². The SMILES string of the molecule is Cl.NC1(Nc2ccccc2)CC1. The summed E-state index contributed by atoms with van der Waals surface area (Å²) < 4.78 is 0. The number of halogens is 1. The maximum atomic E-state index is 5.87. The highest BCUT2D eigenvalue weighted by molar-refractivity contribution is 5.85. The van der Waals surface area contributed by atoms with Gasteiger partial charge in [0.05, 0.1) is 5.66 Å². The van der Waals surface area contributed by atoms with Crippen molar-refractivity contribution in [2.45, 2.75) is 18.5 Å². The van der Waals surface area contributed by atoms with Crippen molar-refractivity contribution in [3.63, 3.8) is 0 Å². The summed E-state index contributed by atoms with van der Waals surface area (Å²) >= 11 is 0. The molecule has 2 rings (SSSR count). The highest BCUT2D eigenvalue weighted by Gasteiger charge is 2.37. The van der Waals surface area contributed by atoms with E-state index >= 15 is 0 Å². The third-order valence-corrected chi connectivity index (χ3v) is 1.96. The maximum Gasteiger partial charge on any atom is 0.0859 e. The second-order valence-electron chi connectivity index (χ2n) is 3.15. The van der Waals surface area contributed by atoms with E-state index in [0.29, 0.717) is 0 Å². The number of para-hydroxylation sites is 1. The average Bonchev–Trinajstić information content (AvgIpc) is 2.70. The number of hydrogen-bond acceptors (Lipinski definition) is 2. The lowest BCUT2D eigenvalue weighted by atomic mass is 10.3. The van der Waals surface area contributed by atoms with Crippen LogP contribution in [0.3, 0.4) is 0 Å². The second-order valence-corrected chi connectivity index (χ2v) is 3.15. The third kappa shape index (κ3) is 2.13. The first-order valence-electron chi connectivity index (χ1n) is 3.91. The topological polar surface area (TPSA) is 38.0 Å². The summed E-state index contributed by atoms with van der Waals surface area (Å²) in [7, 11) is 0. The molecule has 1 aromatic carbocycles. The largest absolute Gasteiger partial charge is 0.367 e. The fourth-order valence-corrected chi connectivity index (χ4v) is 1.07. The van der Waals surface area contributed by atoms with E-state index in [2.05, 4.69) is 5.32 Å². The molecule has 66 valence electrons. The Morgan fingerprint density at radius 2 is 1.75 bits per heavy atom. The summed E-state index contributed by atoms with van der Waals surface area (Å²) in [6.45, 7) is 0. The van der Waals surface area contributed by atoms with Crippen molar-refractivity contribution in [2.75, 3.05) is 5.32 Å². The van der Waals surface area contributed by atoms with Gasteiger partial charge in [0.2, 0.25) is 0 Å². The Bertz CT molecular complexity index is 244. The Morgan fingerprint density at radius 3 is 2.25 bits per heavy atom. The highest BCUT2D eigenvalue weighted by Crippen LogP contribution is 2.32. The molecule has 0 saturated heterocycles. The van der Waals surface area contributed by atoms with E-state index in [9.17, 15) is 0 Å². The minimum absolute atomic E-state index is 0. The van der Waals surface area contributed by atoms with Crippen LogP contribution in [0.15, 0.2) is 30.3 Å². The molecule has 1 aliphatic carbocycles. The lowest BCUT2D eigenvalue weighted by molar-refractivity contribution is 0.782. The van der Waals surface area contributed by atoms with Crippen molar-refractivity contribution >= 4 is 18.1 Å². The third-order valence-electron chi connectivity index (χ3n) is 1.96. The molecule has 12 heavy (non-hydrogen) atoms.